The Labute approximate surface area is 390 Å². The van der Waals surface area contributed by atoms with Crippen molar-refractivity contribution < 1.29 is 123 Å². The van der Waals surface area contributed by atoms with Gasteiger partial charge in [0.2, 0.25) is 0 Å². The van der Waals surface area contributed by atoms with E-state index >= 15 is 0 Å². The molecule has 0 aliphatic heterocycles. The van der Waals surface area contributed by atoms with Gasteiger partial charge in [-0.1, -0.05) is 93.9 Å². The molecular weight excluding hydrogens is 856 g/mol. The third-order valence-corrected chi connectivity index (χ3v) is 6.09. The van der Waals surface area contributed by atoms with Crippen molar-refractivity contribution in [2.24, 2.45) is 0 Å². The number of hydrogen-bond donors (Lipinski definition) is 4. The van der Waals surface area contributed by atoms with Crippen molar-refractivity contribution in [2.75, 3.05) is 26.4 Å². The smallest absolute Gasteiger partial charge is 0.550 e. The van der Waals surface area contributed by atoms with Crippen LogP contribution >= 0.6 is 0 Å². The Bertz CT molecular complexity index is 855. The molecular formula is C42H80O16Ti2. The predicted molar refractivity (Wildman–Crippen MR) is 215 cm³/mol. The second-order valence-electron chi connectivity index (χ2n) is 12.4. The van der Waals surface area contributed by atoms with Crippen molar-refractivity contribution in [3.8, 4) is 0 Å². The largest absolute Gasteiger partial charge is 2.00 e. The number of carbonyl (C=O) groups excluding carboxylic acids is 8. The van der Waals surface area contributed by atoms with Crippen molar-refractivity contribution >= 4 is 47.0 Å². The monoisotopic (exact) mass is 936 g/mol. The number of Topliss-reactive ketones (excluding diaryl/α,β-unsaturated/α-hetero) is 4. The zero-order chi connectivity index (χ0) is 47.0. The van der Waals surface area contributed by atoms with Gasteiger partial charge in [0, 0.05) is 102 Å². The SMILES string of the molecule is CCCC(=O)CC(=O)[O-].CCCC(=O)CC(=O)[O-].CCCCC(=O)CC(=O)[O-].CCCCC(=O)CC(=O)[O-].CCCCO.CCCCO.CCCCO.CCCCO.[Ti+2].[Ti+2]. The standard InChI is InChI=1S/2C7H12O3.2C6H10O3.4C4H10O.2Ti/c2*1-2-3-4-6(8)5-7(9)10;2*1-2-3-5(7)4-6(8)9;4*1-2-3-4-5;;/h2*2-5H2,1H3,(H,9,10);2*2-4H2,1H3,(H,8,9);4*5H,2-4H2,1H3;;/q;;;;;;;;2*+2/p-4. The topological polar surface area (TPSA) is 310 Å². The molecule has 0 atom stereocenters. The third kappa shape index (κ3) is 131. The van der Waals surface area contributed by atoms with E-state index in [4.69, 9.17) is 20.4 Å². The number of rotatable bonds is 26. The molecule has 0 aromatic heterocycles. The van der Waals surface area contributed by atoms with Crippen LogP contribution in [0.15, 0.2) is 0 Å². The molecule has 352 valence electrons. The molecule has 4 N–H and O–H groups in total. The molecule has 0 aliphatic rings. The van der Waals surface area contributed by atoms with Crippen LogP contribution in [-0.2, 0) is 81.8 Å². The fourth-order valence-electron chi connectivity index (χ4n) is 2.94. The van der Waals surface area contributed by atoms with Crippen LogP contribution in [0.3, 0.4) is 0 Å². The van der Waals surface area contributed by atoms with Crippen molar-refractivity contribution in [3.63, 3.8) is 0 Å². The van der Waals surface area contributed by atoms with Crippen LogP contribution in [-0.4, -0.2) is 93.9 Å². The van der Waals surface area contributed by atoms with Crippen molar-refractivity contribution in [1.82, 2.24) is 0 Å². The fraction of sp³-hybridized carbons (Fsp3) is 0.810. The number of carbonyl (C=O) groups is 8. The minimum absolute atomic E-state index is 0. The Morgan fingerprint density at radius 2 is 0.467 bits per heavy atom. The van der Waals surface area contributed by atoms with E-state index in [1.807, 2.05) is 27.7 Å². The summed E-state index contributed by atoms with van der Waals surface area (Å²) >= 11 is 0. The summed E-state index contributed by atoms with van der Waals surface area (Å²) < 4.78 is 0. The van der Waals surface area contributed by atoms with E-state index in [1.54, 1.807) is 0 Å². The molecule has 18 heteroatoms. The zero-order valence-corrected chi connectivity index (χ0v) is 41.2. The predicted octanol–water partition coefficient (Wildman–Crippen LogP) is 1.87. The Kier molecular flexibility index (Phi) is 105. The molecule has 0 aromatic carbocycles. The average Bonchev–Trinajstić information content (AvgIpc) is 3.12. The summed E-state index contributed by atoms with van der Waals surface area (Å²) in [6.45, 7) is 17.1. The molecule has 0 fully saturated rings. The Hall–Kier alpha value is -2.17. The minimum atomic E-state index is -1.28. The Morgan fingerprint density at radius 3 is 0.567 bits per heavy atom. The second-order valence-corrected chi connectivity index (χ2v) is 12.4. The number of aliphatic carboxylic acids is 4. The molecule has 0 radical (unpaired) electrons. The third-order valence-electron chi connectivity index (χ3n) is 6.09. The summed E-state index contributed by atoms with van der Waals surface area (Å²) in [5.74, 6) is -6.09. The van der Waals surface area contributed by atoms with Gasteiger partial charge in [-0.2, -0.15) is 0 Å². The maximum atomic E-state index is 10.6. The van der Waals surface area contributed by atoms with Gasteiger partial charge in [-0.15, -0.1) is 0 Å². The summed E-state index contributed by atoms with van der Waals surface area (Å²) in [5.41, 5.74) is 0. The molecule has 16 nitrogen and oxygen atoms in total. The molecule has 60 heavy (non-hydrogen) atoms. The van der Waals surface area contributed by atoms with Crippen LogP contribution in [0, 0.1) is 0 Å². The van der Waals surface area contributed by atoms with Crippen LogP contribution in [0.2, 0.25) is 0 Å². The van der Waals surface area contributed by atoms with Crippen molar-refractivity contribution in [1.29, 1.82) is 0 Å². The normalized spacial score (nSPS) is 8.60. The van der Waals surface area contributed by atoms with Gasteiger partial charge in [0.25, 0.3) is 0 Å². The van der Waals surface area contributed by atoms with Gasteiger partial charge in [-0.05, 0) is 51.4 Å². The van der Waals surface area contributed by atoms with Gasteiger partial charge in [-0.25, -0.2) is 0 Å². The van der Waals surface area contributed by atoms with Crippen LogP contribution in [0.5, 0.6) is 0 Å². The molecule has 0 saturated heterocycles. The quantitative estimate of drug-likeness (QED) is 0.0711. The molecule has 0 spiro atoms. The molecule has 0 saturated carbocycles. The average molecular weight is 937 g/mol. The first kappa shape index (κ1) is 81.6. The fourth-order valence-corrected chi connectivity index (χ4v) is 2.94. The number of hydrogen-bond acceptors (Lipinski definition) is 16. The summed E-state index contributed by atoms with van der Waals surface area (Å²) in [5, 5.41) is 71.5. The van der Waals surface area contributed by atoms with Crippen molar-refractivity contribution in [2.45, 2.75) is 197 Å². The first-order valence-electron chi connectivity index (χ1n) is 20.6. The Balaban J connectivity index is -0.0000000603. The molecule has 0 amide bonds. The summed E-state index contributed by atoms with van der Waals surface area (Å²) in [4.78, 5) is 81.2. The summed E-state index contributed by atoms with van der Waals surface area (Å²) in [7, 11) is 0. The van der Waals surface area contributed by atoms with E-state index in [0.717, 1.165) is 77.0 Å². The summed E-state index contributed by atoms with van der Waals surface area (Å²) in [6, 6.07) is 0. The van der Waals surface area contributed by atoms with E-state index in [2.05, 4.69) is 27.7 Å². The van der Waals surface area contributed by atoms with E-state index in [9.17, 15) is 58.8 Å². The first-order chi connectivity index (χ1) is 27.3. The molecule has 0 aromatic rings. The van der Waals surface area contributed by atoms with E-state index < -0.39 is 49.6 Å². The number of aliphatic hydroxyl groups excluding tert-OH is 4. The van der Waals surface area contributed by atoms with Gasteiger partial charge in [0.15, 0.2) is 0 Å². The number of carboxylic acid groups (broad SMARTS) is 4. The number of aliphatic hydroxyl groups is 4. The maximum Gasteiger partial charge on any atom is 2.00 e. The van der Waals surface area contributed by atoms with Gasteiger partial charge in [0.1, 0.15) is 23.1 Å². The van der Waals surface area contributed by atoms with Crippen LogP contribution in [0.25, 0.3) is 0 Å². The van der Waals surface area contributed by atoms with Crippen LogP contribution in [0.4, 0.5) is 0 Å². The molecule has 0 unspecified atom stereocenters. The molecule has 0 bridgehead atoms. The van der Waals surface area contributed by atoms with Gasteiger partial charge in [-0.3, -0.25) is 19.2 Å². The van der Waals surface area contributed by atoms with E-state index in [-0.39, 0.29) is 66.6 Å². The van der Waals surface area contributed by atoms with Crippen molar-refractivity contribution in [3.05, 3.63) is 0 Å². The maximum absolute atomic E-state index is 10.6. The Morgan fingerprint density at radius 1 is 0.300 bits per heavy atom. The number of carboxylic acids is 4. The molecule has 0 rings (SSSR count). The van der Waals surface area contributed by atoms with Gasteiger partial charge >= 0.3 is 43.4 Å². The minimum Gasteiger partial charge on any atom is -0.550 e. The van der Waals surface area contributed by atoms with Gasteiger partial charge in [0.05, 0.1) is 0 Å². The number of unbranched alkanes of at least 4 members (excludes halogenated alkanes) is 6. The number of ketones is 4. The second kappa shape index (κ2) is 77.4. The summed E-state index contributed by atoms with van der Waals surface area (Å²) in [6.07, 6.45) is 12.6. The van der Waals surface area contributed by atoms with Gasteiger partial charge < -0.3 is 60.0 Å². The molecule has 0 heterocycles. The van der Waals surface area contributed by atoms with Crippen LogP contribution < -0.4 is 20.4 Å². The van der Waals surface area contributed by atoms with E-state index in [0.29, 0.717) is 65.0 Å². The van der Waals surface area contributed by atoms with E-state index in [1.165, 1.54) is 0 Å². The molecule has 0 aliphatic carbocycles. The first-order valence-corrected chi connectivity index (χ1v) is 20.6. The van der Waals surface area contributed by atoms with Crippen LogP contribution in [0.1, 0.15) is 197 Å². The zero-order valence-electron chi connectivity index (χ0n) is 38.1.